The van der Waals surface area contributed by atoms with Crippen LogP contribution < -0.4 is 0 Å². The summed E-state index contributed by atoms with van der Waals surface area (Å²) in [6.45, 7) is 2.11. The molecule has 1 heterocycles. The molecule has 0 saturated heterocycles. The summed E-state index contributed by atoms with van der Waals surface area (Å²) in [5.74, 6) is -0.120. The van der Waals surface area contributed by atoms with Crippen LogP contribution in [0.3, 0.4) is 0 Å². The van der Waals surface area contributed by atoms with Crippen LogP contribution in [0.2, 0.25) is 0 Å². The first-order valence-corrected chi connectivity index (χ1v) is 9.70. The van der Waals surface area contributed by atoms with Gasteiger partial charge in [-0.1, -0.05) is 43.7 Å². The highest BCUT2D eigenvalue weighted by atomic mass is 16.5. The molecular weight excluding hydrogens is 318 g/mol. The van der Waals surface area contributed by atoms with Crippen LogP contribution in [-0.2, 0) is 4.74 Å². The van der Waals surface area contributed by atoms with E-state index in [1.807, 2.05) is 0 Å². The zero-order chi connectivity index (χ0) is 17.5. The topological polar surface area (TPSA) is 82.9 Å². The predicted octanol–water partition coefficient (Wildman–Crippen LogP) is 4.55. The number of aromatic nitrogens is 2. The Morgan fingerprint density at radius 3 is 2.32 bits per heavy atom. The van der Waals surface area contributed by atoms with Crippen LogP contribution in [0.1, 0.15) is 81.6 Å². The number of imidazole rings is 1. The highest BCUT2D eigenvalue weighted by Crippen LogP contribution is 2.31. The highest BCUT2D eigenvalue weighted by molar-refractivity contribution is 5.91. The fraction of sp³-hybridized carbons (Fsp3) is 0.778. The Balaban J connectivity index is 1.76. The van der Waals surface area contributed by atoms with Gasteiger partial charge < -0.3 is 9.72 Å². The molecule has 0 radical (unpaired) electrons. The maximum atomic E-state index is 12.0. The monoisotopic (exact) mass is 347 g/mol. The van der Waals surface area contributed by atoms with Crippen LogP contribution >= 0.6 is 0 Å². The molecule has 1 aromatic rings. The number of H-pyrrole nitrogens is 1. The van der Waals surface area contributed by atoms with Gasteiger partial charge in [-0.2, -0.15) is 0 Å². The minimum Gasteiger partial charge on any atom is -0.461 e. The first-order valence-electron chi connectivity index (χ1n) is 9.70. The molecule has 1 aromatic heterocycles. The first-order chi connectivity index (χ1) is 12.3. The molecule has 3 rings (SSSR count). The number of ether oxygens (including phenoxy) is 1. The second-order valence-electron chi connectivity index (χ2n) is 6.97. The Hall–Kier alpha value is -1.92. The largest absolute Gasteiger partial charge is 0.461 e. The fourth-order valence-electron chi connectivity index (χ4n) is 3.95. The van der Waals surface area contributed by atoms with E-state index in [2.05, 4.69) is 25.3 Å². The van der Waals surface area contributed by atoms with Crippen molar-refractivity contribution in [2.45, 2.75) is 83.2 Å². The summed E-state index contributed by atoms with van der Waals surface area (Å²) in [5, 5.41) is 11.1. The Kier molecular flexibility index (Phi) is 6.42. The van der Waals surface area contributed by atoms with Crippen LogP contribution in [0.15, 0.2) is 16.7 Å². The van der Waals surface area contributed by atoms with E-state index in [1.165, 1.54) is 70.5 Å². The zero-order valence-corrected chi connectivity index (χ0v) is 15.1. The van der Waals surface area contributed by atoms with Crippen molar-refractivity contribution in [2.24, 2.45) is 10.3 Å². The number of aromatic amines is 1. The van der Waals surface area contributed by atoms with Crippen LogP contribution in [0.4, 0.5) is 5.82 Å². The number of carbonyl (C=O) groups excluding carboxylic acids is 1. The summed E-state index contributed by atoms with van der Waals surface area (Å²) in [4.78, 5) is 18.9. The predicted molar refractivity (Wildman–Crippen MR) is 94.6 cm³/mol. The van der Waals surface area contributed by atoms with Gasteiger partial charge in [-0.25, -0.2) is 9.78 Å². The minimum absolute atomic E-state index is 0.276. The van der Waals surface area contributed by atoms with Gasteiger partial charge in [-0.3, -0.25) is 5.01 Å². The molecule has 2 aliphatic carbocycles. The number of nitrogens with one attached hydrogen (secondary N) is 1. The molecule has 2 aliphatic rings. The third kappa shape index (κ3) is 4.58. The summed E-state index contributed by atoms with van der Waals surface area (Å²) in [6, 6.07) is 0.927. The molecule has 7 nitrogen and oxygen atoms in total. The van der Waals surface area contributed by atoms with Crippen molar-refractivity contribution >= 4 is 11.8 Å². The normalized spacial score (nSPS) is 20.0. The standard InChI is InChI=1S/C18H29N5O2/c1-2-25-18(24)16-17(20-13-19-16)21-22-23(14-9-5-3-6-10-14)15-11-7-4-8-12-15/h13-15H,2-12H2,1H3,(H,19,20)/b22-21+. The average Bonchev–Trinajstić information content (AvgIpc) is 3.13. The van der Waals surface area contributed by atoms with E-state index < -0.39 is 5.97 Å². The lowest BCUT2D eigenvalue weighted by atomic mass is 9.90. The lowest BCUT2D eigenvalue weighted by Crippen LogP contribution is -2.41. The van der Waals surface area contributed by atoms with Gasteiger partial charge in [0.15, 0.2) is 5.69 Å². The molecule has 0 amide bonds. The molecule has 7 heteroatoms. The molecule has 2 saturated carbocycles. The van der Waals surface area contributed by atoms with Gasteiger partial charge >= 0.3 is 5.97 Å². The molecule has 25 heavy (non-hydrogen) atoms. The van der Waals surface area contributed by atoms with E-state index in [0.717, 1.165) is 0 Å². The van der Waals surface area contributed by atoms with E-state index >= 15 is 0 Å². The number of esters is 1. The van der Waals surface area contributed by atoms with Crippen molar-refractivity contribution in [2.75, 3.05) is 6.61 Å². The fourth-order valence-corrected chi connectivity index (χ4v) is 3.95. The molecule has 0 aliphatic heterocycles. The summed E-state index contributed by atoms with van der Waals surface area (Å²) in [6.07, 6.45) is 13.9. The van der Waals surface area contributed by atoms with Crippen molar-refractivity contribution in [1.82, 2.24) is 15.0 Å². The quantitative estimate of drug-likeness (QED) is 0.465. The molecule has 0 bridgehead atoms. The van der Waals surface area contributed by atoms with Crippen LogP contribution in [0, 0.1) is 0 Å². The summed E-state index contributed by atoms with van der Waals surface area (Å²) < 4.78 is 5.04. The summed E-state index contributed by atoms with van der Waals surface area (Å²) in [7, 11) is 0. The van der Waals surface area contributed by atoms with Crippen LogP contribution in [-0.4, -0.2) is 39.6 Å². The third-order valence-electron chi connectivity index (χ3n) is 5.24. The Bertz CT molecular complexity index is 556. The Morgan fingerprint density at radius 2 is 1.76 bits per heavy atom. The molecule has 0 atom stereocenters. The number of carbonyl (C=O) groups is 1. The maximum Gasteiger partial charge on any atom is 0.358 e. The first kappa shape index (κ1) is 17.9. The lowest BCUT2D eigenvalue weighted by molar-refractivity contribution is 0.0520. The maximum absolute atomic E-state index is 12.0. The van der Waals surface area contributed by atoms with Crippen molar-refractivity contribution in [3.8, 4) is 0 Å². The number of hydrogen-bond donors (Lipinski definition) is 1. The number of rotatable bonds is 6. The minimum atomic E-state index is -0.434. The van der Waals surface area contributed by atoms with Gasteiger partial charge in [0.1, 0.15) is 0 Å². The number of hydrogen-bond acceptors (Lipinski definition) is 5. The van der Waals surface area contributed by atoms with Crippen LogP contribution in [0.5, 0.6) is 0 Å². The van der Waals surface area contributed by atoms with E-state index in [-0.39, 0.29) is 5.69 Å². The third-order valence-corrected chi connectivity index (χ3v) is 5.24. The van der Waals surface area contributed by atoms with Gasteiger partial charge in [0.05, 0.1) is 12.9 Å². The van der Waals surface area contributed by atoms with Gasteiger partial charge in [0.25, 0.3) is 0 Å². The molecule has 1 N–H and O–H groups in total. The Labute approximate surface area is 149 Å². The molecule has 0 spiro atoms. The van der Waals surface area contributed by atoms with Crippen molar-refractivity contribution in [1.29, 1.82) is 0 Å². The second kappa shape index (κ2) is 8.97. The zero-order valence-electron chi connectivity index (χ0n) is 15.1. The van der Waals surface area contributed by atoms with Gasteiger partial charge in [0.2, 0.25) is 5.82 Å². The lowest BCUT2D eigenvalue weighted by Gasteiger charge is -2.38. The van der Waals surface area contributed by atoms with Gasteiger partial charge in [0, 0.05) is 12.1 Å². The second-order valence-corrected chi connectivity index (χ2v) is 6.97. The molecule has 0 aromatic carbocycles. The van der Waals surface area contributed by atoms with E-state index in [1.54, 1.807) is 6.92 Å². The smallest absolute Gasteiger partial charge is 0.358 e. The van der Waals surface area contributed by atoms with E-state index in [0.29, 0.717) is 24.5 Å². The molecule has 138 valence electrons. The van der Waals surface area contributed by atoms with Crippen LogP contribution in [0.25, 0.3) is 0 Å². The van der Waals surface area contributed by atoms with Gasteiger partial charge in [-0.05, 0) is 32.6 Å². The summed E-state index contributed by atoms with van der Waals surface area (Å²) in [5.41, 5.74) is 0.276. The Morgan fingerprint density at radius 1 is 1.16 bits per heavy atom. The van der Waals surface area contributed by atoms with Gasteiger partial charge in [-0.15, -0.1) is 5.11 Å². The average molecular weight is 347 g/mol. The van der Waals surface area contributed by atoms with E-state index in [9.17, 15) is 4.79 Å². The molecule has 2 fully saturated rings. The van der Waals surface area contributed by atoms with Crippen molar-refractivity contribution in [3.05, 3.63) is 12.0 Å². The molecular formula is C18H29N5O2. The van der Waals surface area contributed by atoms with E-state index in [4.69, 9.17) is 4.74 Å². The van der Waals surface area contributed by atoms with Crippen molar-refractivity contribution < 1.29 is 9.53 Å². The SMILES string of the molecule is CCOC(=O)c1[nH]cnc1/N=N/N(C1CCCCC1)C1CCCCC1. The highest BCUT2D eigenvalue weighted by Gasteiger charge is 2.28. The summed E-state index contributed by atoms with van der Waals surface area (Å²) >= 11 is 0. The number of nitrogens with zero attached hydrogens (tertiary/aromatic N) is 4. The molecule has 0 unspecified atom stereocenters. The van der Waals surface area contributed by atoms with Crippen molar-refractivity contribution in [3.63, 3.8) is 0 Å².